The quantitative estimate of drug-likeness (QED) is 0.149. The molecule has 0 spiro atoms. The highest BCUT2D eigenvalue weighted by molar-refractivity contribution is 6.00. The van der Waals surface area contributed by atoms with E-state index in [1.807, 2.05) is 25.3 Å². The number of allylic oxidation sites excluding steroid dienone is 3. The third-order valence-corrected chi connectivity index (χ3v) is 16.5. The Bertz CT molecular complexity index is 1530. The van der Waals surface area contributed by atoms with Crippen LogP contribution in [0.15, 0.2) is 35.2 Å². The Kier molecular flexibility index (Phi) is 11.6. The number of dihydropyridines is 1. The Morgan fingerprint density at radius 3 is 2.53 bits per heavy atom. The van der Waals surface area contributed by atoms with E-state index in [0.717, 1.165) is 30.8 Å². The maximum Gasteiger partial charge on any atom is 0.182 e. The molecular formula is C44H71N3O8. The molecule has 17 atom stereocenters. The Morgan fingerprint density at radius 2 is 1.84 bits per heavy atom. The number of carbonyl (C=O) groups is 1. The number of carbonyl (C=O) groups excluding carboxylic acids is 1. The first kappa shape index (κ1) is 41.3. The highest BCUT2D eigenvalue weighted by Gasteiger charge is 2.71. The van der Waals surface area contributed by atoms with Crippen LogP contribution in [0.1, 0.15) is 125 Å². The summed E-state index contributed by atoms with van der Waals surface area (Å²) in [6.07, 6.45) is 11.2. The molecule has 0 radical (unpaired) electrons. The molecule has 4 saturated carbocycles. The van der Waals surface area contributed by atoms with Crippen molar-refractivity contribution in [1.29, 1.82) is 0 Å². The second-order valence-electron chi connectivity index (χ2n) is 19.6. The van der Waals surface area contributed by atoms with Crippen molar-refractivity contribution in [2.24, 2.45) is 52.1 Å². The lowest BCUT2D eigenvalue weighted by Gasteiger charge is -2.62. The molecule has 2 heterocycles. The zero-order valence-electron chi connectivity index (χ0n) is 33.9. The molecule has 0 amide bonds. The molecule has 7 rings (SSSR count). The smallest absolute Gasteiger partial charge is 0.182 e. The van der Waals surface area contributed by atoms with Gasteiger partial charge in [0.2, 0.25) is 0 Å². The predicted molar refractivity (Wildman–Crippen MR) is 210 cm³/mol. The van der Waals surface area contributed by atoms with Crippen molar-refractivity contribution in [2.75, 3.05) is 6.54 Å². The summed E-state index contributed by atoms with van der Waals surface area (Å²) in [5, 5.41) is 77.5. The first-order chi connectivity index (χ1) is 26.0. The number of ketones is 1. The zero-order valence-corrected chi connectivity index (χ0v) is 33.9. The maximum absolute atomic E-state index is 14.9. The molecular weight excluding hydrogens is 698 g/mol. The van der Waals surface area contributed by atoms with Gasteiger partial charge in [0.05, 0.1) is 53.6 Å². The summed E-state index contributed by atoms with van der Waals surface area (Å²) in [7, 11) is 0. The number of aliphatic hydroxyl groups excluding tert-OH is 4. The van der Waals surface area contributed by atoms with Crippen molar-refractivity contribution < 1.29 is 40.2 Å². The number of fused-ring (bicyclic) bond motifs is 6. The van der Waals surface area contributed by atoms with E-state index in [1.165, 1.54) is 19.3 Å². The van der Waals surface area contributed by atoms with Crippen LogP contribution in [0.2, 0.25) is 0 Å². The van der Waals surface area contributed by atoms with Gasteiger partial charge in [0.25, 0.3) is 0 Å². The minimum absolute atomic E-state index is 0.0701. The molecule has 5 aliphatic carbocycles. The Morgan fingerprint density at radius 1 is 1.09 bits per heavy atom. The standard InChI is InChI=1S/C44H71N3O8/c1-6-7-26-8-11-28-25(3)39(55-33(28)12-9-26)40(52)42(5,53)34-16-19-44(54)36-29(15-17-41(34,44)4)43(18-14-27-10-13-35(45)46-23-27)21-32(50)31(49)20-30(43)38(51)37(36)47-22-24(2)48/h10,13,23-26,28-35,39-40,46-50,52-54H,6-9,11-12,14-22,45H2,1-5H3/t24-,25-,26+,28-,29-,30-,31+,32-,33+,34-,35?,39+,40+,41+,42+,43+,44+/m0/s1. The minimum Gasteiger partial charge on any atom is -0.392 e. The van der Waals surface area contributed by atoms with Crippen molar-refractivity contribution >= 4 is 5.78 Å². The van der Waals surface area contributed by atoms with Gasteiger partial charge in [-0.1, -0.05) is 46.1 Å². The van der Waals surface area contributed by atoms with E-state index in [0.29, 0.717) is 55.7 Å². The number of hydrogen-bond acceptors (Lipinski definition) is 11. The first-order valence-corrected chi connectivity index (χ1v) is 21.7. The van der Waals surface area contributed by atoms with E-state index < -0.39 is 64.4 Å². The zero-order chi connectivity index (χ0) is 39.7. The van der Waals surface area contributed by atoms with Gasteiger partial charge in [0, 0.05) is 24.1 Å². The molecule has 2 aliphatic heterocycles. The molecule has 10 N–H and O–H groups in total. The molecule has 0 aromatic rings. The van der Waals surface area contributed by atoms with Crippen molar-refractivity contribution in [3.05, 3.63) is 35.2 Å². The third kappa shape index (κ3) is 6.88. The fourth-order valence-electron chi connectivity index (χ4n) is 13.5. The van der Waals surface area contributed by atoms with Crippen molar-refractivity contribution in [3.63, 3.8) is 0 Å². The number of nitrogens with two attached hydrogens (primary N) is 1. The molecule has 11 nitrogen and oxygen atoms in total. The van der Waals surface area contributed by atoms with Crippen LogP contribution in [0.4, 0.5) is 0 Å². The number of aliphatic hydroxyl groups is 6. The topological polar surface area (TPSA) is 198 Å². The Balaban J connectivity index is 1.22. The molecule has 55 heavy (non-hydrogen) atoms. The van der Waals surface area contributed by atoms with Crippen LogP contribution < -0.4 is 16.4 Å². The number of hydrogen-bond donors (Lipinski definition) is 9. The molecule has 11 heteroatoms. The number of nitrogens with one attached hydrogen (secondary N) is 2. The van der Waals surface area contributed by atoms with Gasteiger partial charge in [-0.25, -0.2) is 0 Å². The second-order valence-corrected chi connectivity index (χ2v) is 19.6. The average molecular weight is 770 g/mol. The van der Waals surface area contributed by atoms with E-state index in [4.69, 9.17) is 10.5 Å². The highest BCUT2D eigenvalue weighted by atomic mass is 16.5. The van der Waals surface area contributed by atoms with Crippen LogP contribution in [0.25, 0.3) is 0 Å². The lowest BCUT2D eigenvalue weighted by Crippen LogP contribution is -2.65. The van der Waals surface area contributed by atoms with E-state index in [2.05, 4.69) is 24.5 Å². The summed E-state index contributed by atoms with van der Waals surface area (Å²) in [6, 6.07) is 0. The van der Waals surface area contributed by atoms with E-state index >= 15 is 0 Å². The maximum atomic E-state index is 14.9. The van der Waals surface area contributed by atoms with E-state index in [-0.39, 0.29) is 49.3 Å². The van der Waals surface area contributed by atoms with Crippen LogP contribution in [-0.2, 0) is 9.53 Å². The fourth-order valence-corrected chi connectivity index (χ4v) is 13.5. The average Bonchev–Trinajstić information content (AvgIpc) is 3.52. The summed E-state index contributed by atoms with van der Waals surface area (Å²) in [5.41, 5.74) is 3.21. The number of Topliss-reactive ketones (excluding diaryl/α,β-unsaturated/α-hetero) is 1. The van der Waals surface area contributed by atoms with Crippen LogP contribution in [0.3, 0.4) is 0 Å². The van der Waals surface area contributed by atoms with Gasteiger partial charge in [0.1, 0.15) is 6.10 Å². The molecule has 0 aromatic heterocycles. The van der Waals surface area contributed by atoms with E-state index in [1.54, 1.807) is 13.8 Å². The summed E-state index contributed by atoms with van der Waals surface area (Å²) in [6.45, 7) is 9.91. The summed E-state index contributed by atoms with van der Waals surface area (Å²) in [5.74, 6) is -0.463. The molecule has 1 unspecified atom stereocenters. The summed E-state index contributed by atoms with van der Waals surface area (Å²) in [4.78, 5) is 14.9. The van der Waals surface area contributed by atoms with Crippen molar-refractivity contribution in [2.45, 2.75) is 179 Å². The summed E-state index contributed by atoms with van der Waals surface area (Å²) < 4.78 is 6.71. The van der Waals surface area contributed by atoms with Crippen LogP contribution in [0.5, 0.6) is 0 Å². The largest absolute Gasteiger partial charge is 0.392 e. The highest BCUT2D eigenvalue weighted by Crippen LogP contribution is 2.70. The lowest BCUT2D eigenvalue weighted by molar-refractivity contribution is -0.199. The molecule has 5 fully saturated rings. The van der Waals surface area contributed by atoms with Gasteiger partial charge >= 0.3 is 0 Å². The van der Waals surface area contributed by atoms with E-state index in [9.17, 15) is 35.4 Å². The second kappa shape index (κ2) is 15.4. The number of ether oxygens (including phenoxy) is 1. The molecule has 1 saturated heterocycles. The normalized spacial score (nSPS) is 46.3. The lowest BCUT2D eigenvalue weighted by atomic mass is 9.43. The molecule has 0 bridgehead atoms. The SMILES string of the molecule is CCC[C@@H]1CC[C@H]2[C@H](C)[C@H]([C@@H](O)[C@](C)(O)[C@H]3CC[C@@]4(O)C5=C(NC[C@H](C)O)C(=O)[C@@H]6C[C@@H](O)[C@@H](O)C[C@]6(CCC6=CNC(N)C=C6)[C@H]5CC[C@]34C)O[C@@H]2CC1. The van der Waals surface area contributed by atoms with Crippen LogP contribution in [-0.4, -0.2) is 97.0 Å². The fraction of sp³-hybridized carbons (Fsp3) is 0.841. The van der Waals surface area contributed by atoms with Gasteiger partial charge in [-0.3, -0.25) is 4.79 Å². The third-order valence-electron chi connectivity index (χ3n) is 16.5. The molecule has 310 valence electrons. The van der Waals surface area contributed by atoms with Crippen molar-refractivity contribution in [1.82, 2.24) is 10.6 Å². The Hall–Kier alpha value is -1.83. The monoisotopic (exact) mass is 770 g/mol. The predicted octanol–water partition coefficient (Wildman–Crippen LogP) is 3.70. The van der Waals surface area contributed by atoms with Gasteiger partial charge < -0.3 is 51.7 Å². The van der Waals surface area contributed by atoms with Gasteiger partial charge in [-0.15, -0.1) is 0 Å². The minimum atomic E-state index is -1.59. The van der Waals surface area contributed by atoms with Crippen molar-refractivity contribution in [3.8, 4) is 0 Å². The Labute approximate surface area is 328 Å². The summed E-state index contributed by atoms with van der Waals surface area (Å²) >= 11 is 0. The first-order valence-electron chi connectivity index (χ1n) is 21.7. The van der Waals surface area contributed by atoms with Gasteiger partial charge in [-0.05, 0) is 137 Å². The van der Waals surface area contributed by atoms with Crippen LogP contribution in [0, 0.1) is 46.3 Å². The van der Waals surface area contributed by atoms with Gasteiger partial charge in [-0.2, -0.15) is 0 Å². The molecule has 0 aromatic carbocycles. The van der Waals surface area contributed by atoms with Crippen LogP contribution >= 0.6 is 0 Å². The molecule has 7 aliphatic rings. The van der Waals surface area contributed by atoms with Gasteiger partial charge in [0.15, 0.2) is 5.78 Å². The number of rotatable bonds is 11.